The number of hydrogen-bond donors (Lipinski definition) is 1. The van der Waals surface area contributed by atoms with Gasteiger partial charge in [-0.25, -0.2) is 22.5 Å². The third-order valence-electron chi connectivity index (χ3n) is 7.59. The first kappa shape index (κ1) is 27.7. The van der Waals surface area contributed by atoms with Crippen LogP contribution in [-0.2, 0) is 40.2 Å². The number of fused-ring (bicyclic) bond motifs is 1. The molecule has 3 aromatic carbocycles. The molecule has 1 heterocycles. The summed E-state index contributed by atoms with van der Waals surface area (Å²) in [5.41, 5.74) is 3.17. The van der Waals surface area contributed by atoms with Crippen molar-refractivity contribution >= 4 is 21.6 Å². The minimum Gasteiger partial charge on any atom is -0.337 e. The van der Waals surface area contributed by atoms with Crippen LogP contribution in [0.5, 0.6) is 0 Å². The van der Waals surface area contributed by atoms with Crippen molar-refractivity contribution in [2.75, 3.05) is 4.90 Å². The molecule has 5 rings (SSSR count). The van der Waals surface area contributed by atoms with Gasteiger partial charge in [0.25, 0.3) is 0 Å². The second kappa shape index (κ2) is 11.0. The van der Waals surface area contributed by atoms with E-state index in [2.05, 4.69) is 23.6 Å². The van der Waals surface area contributed by atoms with E-state index in [-0.39, 0.29) is 23.8 Å². The fourth-order valence-electron chi connectivity index (χ4n) is 5.25. The third kappa shape index (κ3) is 5.85. The predicted molar refractivity (Wildman–Crippen MR) is 153 cm³/mol. The van der Waals surface area contributed by atoms with Crippen LogP contribution in [0.3, 0.4) is 0 Å². The molecule has 0 saturated heterocycles. The van der Waals surface area contributed by atoms with Gasteiger partial charge in [-0.2, -0.15) is 0 Å². The first-order chi connectivity index (χ1) is 19.0. The van der Waals surface area contributed by atoms with Crippen molar-refractivity contribution in [1.29, 1.82) is 0 Å². The molecule has 0 aliphatic heterocycles. The molecule has 0 radical (unpaired) electrons. The Balaban J connectivity index is 1.46. The Morgan fingerprint density at radius 2 is 1.88 bits per heavy atom. The van der Waals surface area contributed by atoms with Crippen LogP contribution in [0.25, 0.3) is 0 Å². The van der Waals surface area contributed by atoms with E-state index in [4.69, 9.17) is 0 Å². The molecular formula is C31H33FN4O3S. The Hall–Kier alpha value is -3.82. The van der Waals surface area contributed by atoms with Crippen molar-refractivity contribution in [1.82, 2.24) is 14.3 Å². The zero-order valence-corrected chi connectivity index (χ0v) is 23.7. The van der Waals surface area contributed by atoms with Crippen molar-refractivity contribution < 1.29 is 17.6 Å². The van der Waals surface area contributed by atoms with Gasteiger partial charge in [0.05, 0.1) is 11.4 Å². The highest BCUT2D eigenvalue weighted by Gasteiger charge is 2.31. The lowest BCUT2D eigenvalue weighted by molar-refractivity contribution is -0.119. The van der Waals surface area contributed by atoms with E-state index in [1.54, 1.807) is 11.1 Å². The highest BCUT2D eigenvalue weighted by atomic mass is 32.2. The highest BCUT2D eigenvalue weighted by Crippen LogP contribution is 2.36. The van der Waals surface area contributed by atoms with Crippen molar-refractivity contribution in [3.8, 4) is 0 Å². The summed E-state index contributed by atoms with van der Waals surface area (Å²) < 4.78 is 44.5. The second-order valence-electron chi connectivity index (χ2n) is 10.9. The van der Waals surface area contributed by atoms with E-state index in [0.29, 0.717) is 18.5 Å². The van der Waals surface area contributed by atoms with Gasteiger partial charge in [0.15, 0.2) is 0 Å². The van der Waals surface area contributed by atoms with Crippen LogP contribution in [0.4, 0.5) is 10.1 Å². The quantitative estimate of drug-likeness (QED) is 0.296. The molecule has 0 unspecified atom stereocenters. The normalized spacial score (nSPS) is 15.2. The Morgan fingerprint density at radius 3 is 2.58 bits per heavy atom. The van der Waals surface area contributed by atoms with Gasteiger partial charge >= 0.3 is 0 Å². The fraction of sp³-hybridized carbons (Fsp3) is 0.290. The molecule has 0 saturated carbocycles. The Bertz CT molecular complexity index is 1630. The number of aromatic nitrogens is 2. The molecule has 1 aliphatic rings. The highest BCUT2D eigenvalue weighted by molar-refractivity contribution is 7.89. The minimum absolute atomic E-state index is 0.0632. The number of rotatable bonds is 9. The van der Waals surface area contributed by atoms with Crippen LogP contribution in [0.15, 0.2) is 90.1 Å². The molecular weight excluding hydrogens is 527 g/mol. The lowest BCUT2D eigenvalue weighted by Gasteiger charge is -2.30. The Kier molecular flexibility index (Phi) is 7.61. The van der Waals surface area contributed by atoms with E-state index in [1.165, 1.54) is 18.2 Å². The van der Waals surface area contributed by atoms with E-state index >= 15 is 0 Å². The number of imidazole rings is 1. The maximum absolute atomic E-state index is 13.9. The van der Waals surface area contributed by atoms with Crippen LogP contribution in [0.1, 0.15) is 55.2 Å². The summed E-state index contributed by atoms with van der Waals surface area (Å²) in [7, 11) is -2.06. The first-order valence-electron chi connectivity index (χ1n) is 13.3. The zero-order valence-electron chi connectivity index (χ0n) is 22.8. The number of carbonyl (C=O) groups excluding carboxylic acids is 1. The van der Waals surface area contributed by atoms with Crippen molar-refractivity contribution in [3.05, 3.63) is 114 Å². The van der Waals surface area contributed by atoms with Gasteiger partial charge in [0, 0.05) is 37.6 Å². The maximum Gasteiger partial charge on any atom is 0.241 e. The van der Waals surface area contributed by atoms with Gasteiger partial charge in [-0.3, -0.25) is 4.79 Å². The number of halogens is 1. The van der Waals surface area contributed by atoms with Gasteiger partial charge in [-0.05, 0) is 65.3 Å². The molecule has 1 amide bonds. The summed E-state index contributed by atoms with van der Waals surface area (Å²) in [5, 5.41) is 0. The van der Waals surface area contributed by atoms with E-state index in [1.807, 2.05) is 66.3 Å². The molecule has 9 heteroatoms. The largest absolute Gasteiger partial charge is 0.337 e. The van der Waals surface area contributed by atoms with E-state index in [9.17, 15) is 17.6 Å². The van der Waals surface area contributed by atoms with Crippen LogP contribution < -0.4 is 9.62 Å². The van der Waals surface area contributed by atoms with Crippen LogP contribution in [-0.4, -0.2) is 23.9 Å². The lowest BCUT2D eigenvalue weighted by atomic mass is 9.81. The Labute approximate surface area is 234 Å². The lowest BCUT2D eigenvalue weighted by Crippen LogP contribution is -2.36. The van der Waals surface area contributed by atoms with Crippen molar-refractivity contribution in [2.45, 2.75) is 56.0 Å². The van der Waals surface area contributed by atoms with Gasteiger partial charge in [-0.1, -0.05) is 56.3 Å². The molecule has 1 aliphatic carbocycles. The molecule has 1 N–H and O–H groups in total. The van der Waals surface area contributed by atoms with Gasteiger partial charge in [-0.15, -0.1) is 0 Å². The number of aryl methyl sites for hydroxylation is 2. The third-order valence-corrected chi connectivity index (χ3v) is 9.06. The standard InChI is InChI=1S/C31H33FN4O3S/c1-31(2,23-8-5-4-6-9-23)20-30(37)36(21-29-33-16-17-35(29)3)25-14-12-22-13-15-28(27(22)19-25)34-40(38,39)26-11-7-10-24(32)18-26/h4-12,14,16-19,28,34H,13,15,20-21H2,1-3H3/t28-/m1/s1. The van der Waals surface area contributed by atoms with Gasteiger partial charge in [0.1, 0.15) is 11.6 Å². The van der Waals surface area contributed by atoms with Crippen molar-refractivity contribution in [3.63, 3.8) is 0 Å². The van der Waals surface area contributed by atoms with E-state index < -0.39 is 27.3 Å². The summed E-state index contributed by atoms with van der Waals surface area (Å²) >= 11 is 0. The number of hydrogen-bond acceptors (Lipinski definition) is 4. The SMILES string of the molecule is Cn1ccnc1CN(C(=O)CC(C)(C)c1ccccc1)c1ccc2c(c1)[C@H](NS(=O)(=O)c1cccc(F)c1)CC2. The Morgan fingerprint density at radius 1 is 1.10 bits per heavy atom. The molecule has 0 spiro atoms. The number of amides is 1. The molecule has 1 aromatic heterocycles. The molecule has 1 atom stereocenters. The van der Waals surface area contributed by atoms with Gasteiger partial charge in [0.2, 0.25) is 15.9 Å². The van der Waals surface area contributed by atoms with Crippen LogP contribution in [0, 0.1) is 5.82 Å². The molecule has 4 aromatic rings. The summed E-state index contributed by atoms with van der Waals surface area (Å²) in [4.78, 5) is 20.0. The number of sulfonamides is 1. The topological polar surface area (TPSA) is 84.3 Å². The molecule has 0 fully saturated rings. The summed E-state index contributed by atoms with van der Waals surface area (Å²) in [6, 6.07) is 20.2. The predicted octanol–water partition coefficient (Wildman–Crippen LogP) is 5.43. The number of benzene rings is 3. The second-order valence-corrected chi connectivity index (χ2v) is 12.6. The summed E-state index contributed by atoms with van der Waals surface area (Å²) in [6.45, 7) is 4.38. The first-order valence-corrected chi connectivity index (χ1v) is 14.7. The minimum atomic E-state index is -3.94. The van der Waals surface area contributed by atoms with Crippen molar-refractivity contribution in [2.24, 2.45) is 7.05 Å². The smallest absolute Gasteiger partial charge is 0.241 e. The zero-order chi connectivity index (χ0) is 28.5. The number of carbonyl (C=O) groups is 1. The summed E-state index contributed by atoms with van der Waals surface area (Å²) in [5.74, 6) is 0.0558. The summed E-state index contributed by atoms with van der Waals surface area (Å²) in [6.07, 6.45) is 5.08. The van der Waals surface area contributed by atoms with Gasteiger partial charge < -0.3 is 9.47 Å². The fourth-order valence-corrected chi connectivity index (χ4v) is 6.53. The average Bonchev–Trinajstić information content (AvgIpc) is 3.52. The molecule has 7 nitrogen and oxygen atoms in total. The van der Waals surface area contributed by atoms with Crippen LogP contribution in [0.2, 0.25) is 0 Å². The number of nitrogens with zero attached hydrogens (tertiary/aromatic N) is 3. The van der Waals surface area contributed by atoms with E-state index in [0.717, 1.165) is 28.6 Å². The van der Waals surface area contributed by atoms with Crippen LogP contribution >= 0.6 is 0 Å². The monoisotopic (exact) mass is 560 g/mol. The number of anilines is 1. The number of nitrogens with one attached hydrogen (secondary N) is 1. The molecule has 208 valence electrons. The average molecular weight is 561 g/mol. The molecule has 40 heavy (non-hydrogen) atoms. The molecule has 0 bridgehead atoms. The maximum atomic E-state index is 13.9.